The summed E-state index contributed by atoms with van der Waals surface area (Å²) in [6.07, 6.45) is 4.87. The van der Waals surface area contributed by atoms with Gasteiger partial charge in [-0.1, -0.05) is 23.9 Å². The average Bonchev–Trinajstić information content (AvgIpc) is 3.42. The minimum atomic E-state index is -0.0493. The van der Waals surface area contributed by atoms with Crippen molar-refractivity contribution in [3.05, 3.63) is 48.0 Å². The molecule has 1 aromatic heterocycles. The van der Waals surface area contributed by atoms with Crippen LogP contribution in [-0.4, -0.2) is 40.8 Å². The number of rotatable bonds is 7. The van der Waals surface area contributed by atoms with Gasteiger partial charge < -0.3 is 15.5 Å². The van der Waals surface area contributed by atoms with Gasteiger partial charge in [-0.25, -0.2) is 9.97 Å². The Bertz CT molecular complexity index is 1110. The number of hydrogen-bond acceptors (Lipinski definition) is 6. The first-order chi connectivity index (χ1) is 15.2. The molecule has 1 amide bonds. The highest BCUT2D eigenvalue weighted by Gasteiger charge is 2.23. The molecule has 0 spiro atoms. The fraction of sp³-hybridized carbons (Fsp3) is 0.375. The van der Waals surface area contributed by atoms with E-state index in [0.717, 1.165) is 35.5 Å². The van der Waals surface area contributed by atoms with E-state index in [-0.39, 0.29) is 11.7 Å². The van der Waals surface area contributed by atoms with Crippen molar-refractivity contribution in [1.82, 2.24) is 9.97 Å². The maximum absolute atomic E-state index is 12.6. The van der Waals surface area contributed by atoms with Crippen LogP contribution >= 0.6 is 11.8 Å². The lowest BCUT2D eigenvalue weighted by Gasteiger charge is -2.20. The number of fused-ring (bicyclic) bond motifs is 1. The Labute approximate surface area is 186 Å². The van der Waals surface area contributed by atoms with E-state index in [1.807, 2.05) is 30.3 Å². The van der Waals surface area contributed by atoms with Crippen LogP contribution in [0.4, 0.5) is 17.2 Å². The Kier molecular flexibility index (Phi) is 5.68. The lowest BCUT2D eigenvalue weighted by molar-refractivity contribution is -0.113. The van der Waals surface area contributed by atoms with E-state index < -0.39 is 0 Å². The van der Waals surface area contributed by atoms with Gasteiger partial charge in [-0.15, -0.1) is 0 Å². The van der Waals surface area contributed by atoms with Crippen molar-refractivity contribution in [3.8, 4) is 0 Å². The molecule has 0 bridgehead atoms. The van der Waals surface area contributed by atoms with Gasteiger partial charge in [0.05, 0.1) is 11.3 Å². The predicted octanol–water partition coefficient (Wildman–Crippen LogP) is 4.84. The van der Waals surface area contributed by atoms with Crippen LogP contribution in [0.3, 0.4) is 0 Å². The van der Waals surface area contributed by atoms with Crippen LogP contribution < -0.4 is 15.5 Å². The van der Waals surface area contributed by atoms with E-state index in [2.05, 4.69) is 44.6 Å². The molecule has 7 heteroatoms. The second-order valence-electron chi connectivity index (χ2n) is 8.32. The Morgan fingerprint density at radius 1 is 1.13 bits per heavy atom. The van der Waals surface area contributed by atoms with Crippen LogP contribution in [0.25, 0.3) is 10.9 Å². The van der Waals surface area contributed by atoms with Crippen molar-refractivity contribution in [2.75, 3.05) is 34.4 Å². The molecule has 2 aromatic carbocycles. The van der Waals surface area contributed by atoms with Crippen molar-refractivity contribution in [3.63, 3.8) is 0 Å². The molecule has 160 valence electrons. The third kappa shape index (κ3) is 4.77. The molecule has 1 saturated heterocycles. The molecular formula is C24H27N5OS. The zero-order valence-electron chi connectivity index (χ0n) is 17.7. The third-order valence-electron chi connectivity index (χ3n) is 5.76. The van der Waals surface area contributed by atoms with Gasteiger partial charge in [-0.3, -0.25) is 4.79 Å². The molecule has 2 fully saturated rings. The van der Waals surface area contributed by atoms with Crippen LogP contribution in [0.5, 0.6) is 0 Å². The maximum atomic E-state index is 12.6. The highest BCUT2D eigenvalue weighted by Crippen LogP contribution is 2.30. The Hall–Kier alpha value is -2.80. The fourth-order valence-electron chi connectivity index (χ4n) is 4.02. The van der Waals surface area contributed by atoms with Crippen LogP contribution in [0.2, 0.25) is 0 Å². The van der Waals surface area contributed by atoms with E-state index in [1.54, 1.807) is 0 Å². The number of benzene rings is 2. The van der Waals surface area contributed by atoms with Gasteiger partial charge in [-0.05, 0) is 68.5 Å². The van der Waals surface area contributed by atoms with Crippen molar-refractivity contribution >= 4 is 45.8 Å². The summed E-state index contributed by atoms with van der Waals surface area (Å²) in [5.41, 5.74) is 4.20. The van der Waals surface area contributed by atoms with Crippen LogP contribution in [-0.2, 0) is 4.79 Å². The minimum absolute atomic E-state index is 0.0493. The summed E-state index contributed by atoms with van der Waals surface area (Å²) in [6, 6.07) is 14.7. The minimum Gasteiger partial charge on any atom is -0.371 e. The monoisotopic (exact) mass is 433 g/mol. The van der Waals surface area contributed by atoms with Crippen molar-refractivity contribution in [2.45, 2.75) is 43.8 Å². The zero-order valence-corrected chi connectivity index (χ0v) is 18.5. The third-order valence-corrected chi connectivity index (χ3v) is 6.61. The number of nitrogens with one attached hydrogen (secondary N) is 2. The number of carbonyl (C=O) groups excluding carboxylic acids is 1. The average molecular weight is 434 g/mol. The second-order valence-corrected chi connectivity index (χ2v) is 9.27. The molecule has 1 saturated carbocycles. The Morgan fingerprint density at radius 3 is 2.71 bits per heavy atom. The molecule has 0 atom stereocenters. The Morgan fingerprint density at radius 2 is 1.94 bits per heavy atom. The zero-order chi connectivity index (χ0) is 21.2. The van der Waals surface area contributed by atoms with Crippen molar-refractivity contribution in [2.24, 2.45) is 0 Å². The number of carbonyl (C=O) groups is 1. The van der Waals surface area contributed by atoms with E-state index in [0.29, 0.717) is 11.2 Å². The summed E-state index contributed by atoms with van der Waals surface area (Å²) in [4.78, 5) is 24.3. The standard InChI is InChI=1S/C24H27N5OS/c1-16-14-18(10-11-21(16)29-12-4-5-13-29)25-22(30)15-31-24-27-20-7-3-2-6-19(20)23(28-24)26-17-8-9-17/h2-3,6-7,10-11,14,17H,4-5,8-9,12-13,15H2,1H3,(H,25,30)(H,26,27,28). The second kappa shape index (κ2) is 8.75. The quantitative estimate of drug-likeness (QED) is 0.410. The maximum Gasteiger partial charge on any atom is 0.234 e. The molecule has 5 rings (SSSR count). The Balaban J connectivity index is 1.24. The number of aryl methyl sites for hydroxylation is 1. The van der Waals surface area contributed by atoms with Crippen molar-refractivity contribution < 1.29 is 4.79 Å². The first-order valence-electron chi connectivity index (χ1n) is 11.0. The number of thioether (sulfide) groups is 1. The normalized spacial score (nSPS) is 16.0. The van der Waals surface area contributed by atoms with Crippen LogP contribution in [0, 0.1) is 6.92 Å². The SMILES string of the molecule is Cc1cc(NC(=O)CSc2nc(NC3CC3)c3ccccc3n2)ccc1N1CCCC1. The summed E-state index contributed by atoms with van der Waals surface area (Å²) in [5.74, 6) is 1.09. The topological polar surface area (TPSA) is 70.1 Å². The van der Waals surface area contributed by atoms with Gasteiger partial charge in [0.15, 0.2) is 5.16 Å². The molecule has 31 heavy (non-hydrogen) atoms. The van der Waals surface area contributed by atoms with E-state index in [1.165, 1.54) is 48.7 Å². The van der Waals surface area contributed by atoms with Crippen LogP contribution in [0.1, 0.15) is 31.2 Å². The van der Waals surface area contributed by atoms with Gasteiger partial charge >= 0.3 is 0 Å². The molecule has 2 N–H and O–H groups in total. The van der Waals surface area contributed by atoms with Gasteiger partial charge in [-0.2, -0.15) is 0 Å². The highest BCUT2D eigenvalue weighted by molar-refractivity contribution is 7.99. The number of anilines is 3. The summed E-state index contributed by atoms with van der Waals surface area (Å²) < 4.78 is 0. The molecular weight excluding hydrogens is 406 g/mol. The molecule has 2 heterocycles. The summed E-state index contributed by atoms with van der Waals surface area (Å²) in [5, 5.41) is 8.16. The molecule has 0 radical (unpaired) electrons. The molecule has 1 aliphatic carbocycles. The largest absolute Gasteiger partial charge is 0.371 e. The number of amides is 1. The molecule has 0 unspecified atom stereocenters. The number of nitrogens with zero attached hydrogens (tertiary/aromatic N) is 3. The highest BCUT2D eigenvalue weighted by atomic mass is 32.2. The number of para-hydroxylation sites is 1. The first-order valence-corrected chi connectivity index (χ1v) is 12.0. The first kappa shape index (κ1) is 20.1. The van der Waals surface area contributed by atoms with E-state index >= 15 is 0 Å². The van der Waals surface area contributed by atoms with E-state index in [4.69, 9.17) is 0 Å². The van der Waals surface area contributed by atoms with Gasteiger partial charge in [0.25, 0.3) is 0 Å². The lowest BCUT2D eigenvalue weighted by atomic mass is 10.1. The number of hydrogen-bond donors (Lipinski definition) is 2. The van der Waals surface area contributed by atoms with E-state index in [9.17, 15) is 4.79 Å². The molecule has 1 aliphatic heterocycles. The molecule has 3 aromatic rings. The molecule has 6 nitrogen and oxygen atoms in total. The van der Waals surface area contributed by atoms with Gasteiger partial charge in [0.1, 0.15) is 5.82 Å². The smallest absolute Gasteiger partial charge is 0.234 e. The van der Waals surface area contributed by atoms with Gasteiger partial charge in [0, 0.05) is 35.9 Å². The summed E-state index contributed by atoms with van der Waals surface area (Å²) in [6.45, 7) is 4.34. The predicted molar refractivity (Wildman–Crippen MR) is 128 cm³/mol. The lowest BCUT2D eigenvalue weighted by Crippen LogP contribution is -2.19. The fourth-order valence-corrected chi connectivity index (χ4v) is 4.68. The number of aromatic nitrogens is 2. The summed E-state index contributed by atoms with van der Waals surface area (Å²) >= 11 is 1.37. The van der Waals surface area contributed by atoms with Gasteiger partial charge in [0.2, 0.25) is 5.91 Å². The van der Waals surface area contributed by atoms with Crippen LogP contribution in [0.15, 0.2) is 47.6 Å². The molecule has 2 aliphatic rings. The van der Waals surface area contributed by atoms with Crippen molar-refractivity contribution in [1.29, 1.82) is 0 Å². The summed E-state index contributed by atoms with van der Waals surface area (Å²) in [7, 11) is 0.